The second kappa shape index (κ2) is 3.73. The van der Waals surface area contributed by atoms with Gasteiger partial charge in [-0.1, -0.05) is 18.2 Å². The van der Waals surface area contributed by atoms with Crippen LogP contribution in [0.3, 0.4) is 0 Å². The van der Waals surface area contributed by atoms with E-state index >= 15 is 0 Å². The van der Waals surface area contributed by atoms with Gasteiger partial charge in [0.15, 0.2) is 0 Å². The quantitative estimate of drug-likeness (QED) is 0.727. The summed E-state index contributed by atoms with van der Waals surface area (Å²) in [5.41, 5.74) is 0.767. The van der Waals surface area contributed by atoms with Crippen LogP contribution >= 0.6 is 0 Å². The molecular formula is C11H11NO3. The number of methoxy groups -OCH3 is 1. The average Bonchev–Trinajstić information content (AvgIpc) is 2.57. The molecule has 1 N–H and O–H groups in total. The largest absolute Gasteiger partial charge is 0.496 e. The summed E-state index contributed by atoms with van der Waals surface area (Å²) in [6, 6.07) is 7.25. The number of carbonyl (C=O) groups is 2. The number of hydrogen-bond acceptors (Lipinski definition) is 3. The first-order valence-electron chi connectivity index (χ1n) is 4.69. The molecule has 0 saturated carbocycles. The maximum Gasteiger partial charge on any atom is 0.234 e. The van der Waals surface area contributed by atoms with Crippen LogP contribution in [0.25, 0.3) is 0 Å². The third-order valence-electron chi connectivity index (χ3n) is 2.48. The molecule has 1 saturated heterocycles. The van der Waals surface area contributed by atoms with Gasteiger partial charge in [-0.2, -0.15) is 0 Å². The van der Waals surface area contributed by atoms with Gasteiger partial charge in [-0.25, -0.2) is 0 Å². The van der Waals surface area contributed by atoms with Crippen LogP contribution in [0.2, 0.25) is 0 Å². The van der Waals surface area contributed by atoms with Gasteiger partial charge >= 0.3 is 0 Å². The summed E-state index contributed by atoms with van der Waals surface area (Å²) < 4.78 is 5.15. The topological polar surface area (TPSA) is 55.4 Å². The van der Waals surface area contributed by atoms with E-state index in [0.29, 0.717) is 5.75 Å². The Balaban J connectivity index is 2.37. The van der Waals surface area contributed by atoms with Crippen molar-refractivity contribution >= 4 is 11.8 Å². The Bertz CT molecular complexity index is 414. The zero-order valence-corrected chi connectivity index (χ0v) is 8.32. The monoisotopic (exact) mass is 205 g/mol. The Kier molecular flexibility index (Phi) is 2.41. The molecular weight excluding hydrogens is 194 g/mol. The van der Waals surface area contributed by atoms with Crippen LogP contribution in [0.15, 0.2) is 24.3 Å². The summed E-state index contributed by atoms with van der Waals surface area (Å²) in [6.07, 6.45) is 0.208. The van der Waals surface area contributed by atoms with Crippen molar-refractivity contribution in [3.8, 4) is 5.75 Å². The number of hydrogen-bond donors (Lipinski definition) is 1. The van der Waals surface area contributed by atoms with Gasteiger partial charge in [-0.15, -0.1) is 0 Å². The SMILES string of the molecule is COc1ccccc1[C@@H]1CC(=O)NC1=O. The average molecular weight is 205 g/mol. The number of imide groups is 1. The first-order chi connectivity index (χ1) is 7.22. The maximum absolute atomic E-state index is 11.5. The molecule has 4 nitrogen and oxygen atoms in total. The standard InChI is InChI=1S/C11H11NO3/c1-15-9-5-3-2-4-7(9)8-6-10(13)12-11(8)14/h2-5,8H,6H2,1H3,(H,12,13,14)/t8-/m0/s1. The lowest BCUT2D eigenvalue weighted by Crippen LogP contribution is -2.21. The fourth-order valence-electron chi connectivity index (χ4n) is 1.76. The van der Waals surface area contributed by atoms with Crippen molar-refractivity contribution in [1.82, 2.24) is 5.32 Å². The van der Waals surface area contributed by atoms with Crippen molar-refractivity contribution in [2.24, 2.45) is 0 Å². The highest BCUT2D eigenvalue weighted by Gasteiger charge is 2.33. The summed E-state index contributed by atoms with van der Waals surface area (Å²) in [6.45, 7) is 0. The number of benzene rings is 1. The van der Waals surface area contributed by atoms with Crippen molar-refractivity contribution in [1.29, 1.82) is 0 Å². The summed E-state index contributed by atoms with van der Waals surface area (Å²) in [5, 5.41) is 2.28. The molecule has 0 unspecified atom stereocenters. The molecule has 0 spiro atoms. The van der Waals surface area contributed by atoms with Gasteiger partial charge < -0.3 is 4.74 Å². The summed E-state index contributed by atoms with van der Waals surface area (Å²) in [4.78, 5) is 22.5. The zero-order valence-electron chi connectivity index (χ0n) is 8.32. The predicted molar refractivity (Wildman–Crippen MR) is 53.5 cm³/mol. The molecule has 1 aromatic rings. The van der Waals surface area contributed by atoms with Crippen LogP contribution in [-0.2, 0) is 9.59 Å². The van der Waals surface area contributed by atoms with Gasteiger partial charge in [0.2, 0.25) is 11.8 Å². The molecule has 1 aliphatic heterocycles. The highest BCUT2D eigenvalue weighted by atomic mass is 16.5. The number of rotatable bonds is 2. The fraction of sp³-hybridized carbons (Fsp3) is 0.273. The van der Waals surface area contributed by atoms with Crippen LogP contribution in [0.4, 0.5) is 0 Å². The van der Waals surface area contributed by atoms with Crippen LogP contribution in [-0.4, -0.2) is 18.9 Å². The molecule has 1 fully saturated rings. The third kappa shape index (κ3) is 1.70. The number of carbonyl (C=O) groups excluding carboxylic acids is 2. The van der Waals surface area contributed by atoms with E-state index in [2.05, 4.69) is 5.32 Å². The van der Waals surface area contributed by atoms with Gasteiger partial charge in [0.25, 0.3) is 0 Å². The molecule has 4 heteroatoms. The molecule has 2 amide bonds. The second-order valence-electron chi connectivity index (χ2n) is 3.41. The Morgan fingerprint density at radius 2 is 2.07 bits per heavy atom. The molecule has 1 atom stereocenters. The molecule has 1 aliphatic rings. The van der Waals surface area contributed by atoms with E-state index in [0.717, 1.165) is 5.56 Å². The highest BCUT2D eigenvalue weighted by molar-refractivity contribution is 6.06. The van der Waals surface area contributed by atoms with Crippen molar-refractivity contribution < 1.29 is 14.3 Å². The Morgan fingerprint density at radius 3 is 2.67 bits per heavy atom. The van der Waals surface area contributed by atoms with Crippen molar-refractivity contribution in [2.45, 2.75) is 12.3 Å². The molecule has 0 bridgehead atoms. The molecule has 0 aliphatic carbocycles. The normalized spacial score (nSPS) is 20.2. The minimum Gasteiger partial charge on any atom is -0.496 e. The van der Waals surface area contributed by atoms with E-state index in [1.807, 2.05) is 18.2 Å². The predicted octanol–water partition coefficient (Wildman–Crippen LogP) is 0.825. The van der Waals surface area contributed by atoms with Gasteiger partial charge in [0.1, 0.15) is 5.75 Å². The smallest absolute Gasteiger partial charge is 0.234 e. The zero-order chi connectivity index (χ0) is 10.8. The van der Waals surface area contributed by atoms with Gasteiger partial charge in [-0.3, -0.25) is 14.9 Å². The van der Waals surface area contributed by atoms with E-state index in [9.17, 15) is 9.59 Å². The number of para-hydroxylation sites is 1. The van der Waals surface area contributed by atoms with Crippen LogP contribution in [0.1, 0.15) is 17.9 Å². The van der Waals surface area contributed by atoms with Crippen molar-refractivity contribution in [3.63, 3.8) is 0 Å². The van der Waals surface area contributed by atoms with E-state index in [1.165, 1.54) is 0 Å². The van der Waals surface area contributed by atoms with Gasteiger partial charge in [-0.05, 0) is 6.07 Å². The van der Waals surface area contributed by atoms with E-state index in [-0.39, 0.29) is 18.2 Å². The minimum absolute atomic E-state index is 0.208. The molecule has 78 valence electrons. The van der Waals surface area contributed by atoms with Crippen molar-refractivity contribution in [2.75, 3.05) is 7.11 Å². The molecule has 1 heterocycles. The summed E-state index contributed by atoms with van der Waals surface area (Å²) >= 11 is 0. The Hall–Kier alpha value is -1.84. The minimum atomic E-state index is -0.409. The van der Waals surface area contributed by atoms with Gasteiger partial charge in [0.05, 0.1) is 13.0 Å². The first kappa shape index (κ1) is 9.71. The first-order valence-corrected chi connectivity index (χ1v) is 4.69. The van der Waals surface area contributed by atoms with E-state index in [1.54, 1.807) is 13.2 Å². The maximum atomic E-state index is 11.5. The summed E-state index contributed by atoms with van der Waals surface area (Å²) in [5.74, 6) is -0.235. The molecule has 0 radical (unpaired) electrons. The third-order valence-corrected chi connectivity index (χ3v) is 2.48. The van der Waals surface area contributed by atoms with Crippen LogP contribution in [0.5, 0.6) is 5.75 Å². The van der Waals surface area contributed by atoms with Crippen LogP contribution in [0, 0.1) is 0 Å². The van der Waals surface area contributed by atoms with Gasteiger partial charge in [0, 0.05) is 12.0 Å². The Morgan fingerprint density at radius 1 is 1.33 bits per heavy atom. The fourth-order valence-corrected chi connectivity index (χ4v) is 1.76. The molecule has 15 heavy (non-hydrogen) atoms. The van der Waals surface area contributed by atoms with E-state index < -0.39 is 5.92 Å². The molecule has 1 aromatic carbocycles. The molecule has 2 rings (SSSR count). The Labute approximate surface area is 87.2 Å². The number of nitrogens with one attached hydrogen (secondary N) is 1. The lowest BCUT2D eigenvalue weighted by atomic mass is 9.97. The van der Waals surface area contributed by atoms with Crippen LogP contribution < -0.4 is 10.1 Å². The second-order valence-corrected chi connectivity index (χ2v) is 3.41. The lowest BCUT2D eigenvalue weighted by Gasteiger charge is -2.11. The summed E-state index contributed by atoms with van der Waals surface area (Å²) in [7, 11) is 1.55. The van der Waals surface area contributed by atoms with E-state index in [4.69, 9.17) is 4.74 Å². The van der Waals surface area contributed by atoms with Crippen molar-refractivity contribution in [3.05, 3.63) is 29.8 Å². The molecule has 0 aromatic heterocycles. The lowest BCUT2D eigenvalue weighted by molar-refractivity contribution is -0.125. The number of ether oxygens (including phenoxy) is 1. The number of amides is 2. The highest BCUT2D eigenvalue weighted by Crippen LogP contribution is 2.31.